The zero-order valence-corrected chi connectivity index (χ0v) is 22.5. The molecule has 0 fully saturated rings. The predicted molar refractivity (Wildman–Crippen MR) is 146 cm³/mol. The van der Waals surface area contributed by atoms with E-state index in [-0.39, 0.29) is 16.1 Å². The van der Waals surface area contributed by atoms with Gasteiger partial charge in [0.1, 0.15) is 16.5 Å². The molecule has 1 N–H and O–H groups in total. The molecule has 1 aliphatic rings. The van der Waals surface area contributed by atoms with Crippen molar-refractivity contribution in [3.8, 4) is 5.75 Å². The SMILES string of the molecule is Cc1ccc(OC(=O)c2ccc(NC3=C(Cl)C(=O)N(c4cccc(C)c4C)C3=O)cc2)c(C(C)(C)C)c1. The first-order chi connectivity index (χ1) is 17.4. The van der Waals surface area contributed by atoms with E-state index in [2.05, 4.69) is 26.1 Å². The number of amides is 2. The van der Waals surface area contributed by atoms with Gasteiger partial charge in [0.05, 0.1) is 11.3 Å². The van der Waals surface area contributed by atoms with Crippen molar-refractivity contribution in [2.45, 2.75) is 47.0 Å². The minimum absolute atomic E-state index is 0.0163. The lowest BCUT2D eigenvalue weighted by molar-refractivity contribution is -0.120. The summed E-state index contributed by atoms with van der Waals surface area (Å²) in [6, 6.07) is 17.6. The number of carbonyl (C=O) groups is 3. The van der Waals surface area contributed by atoms with Crippen molar-refractivity contribution in [1.29, 1.82) is 0 Å². The van der Waals surface area contributed by atoms with Crippen LogP contribution in [0.25, 0.3) is 0 Å². The number of nitrogens with zero attached hydrogens (tertiary/aromatic N) is 1. The average molecular weight is 517 g/mol. The van der Waals surface area contributed by atoms with E-state index < -0.39 is 17.8 Å². The summed E-state index contributed by atoms with van der Waals surface area (Å²) in [5, 5.41) is 2.75. The maximum atomic E-state index is 13.1. The maximum absolute atomic E-state index is 13.1. The Morgan fingerprint density at radius 3 is 2.24 bits per heavy atom. The average Bonchev–Trinajstić information content (AvgIpc) is 3.05. The largest absolute Gasteiger partial charge is 0.423 e. The first kappa shape index (κ1) is 26.2. The van der Waals surface area contributed by atoms with Crippen molar-refractivity contribution in [3.63, 3.8) is 0 Å². The van der Waals surface area contributed by atoms with E-state index in [0.29, 0.717) is 22.7 Å². The lowest BCUT2D eigenvalue weighted by Gasteiger charge is -2.22. The molecule has 3 aromatic rings. The van der Waals surface area contributed by atoms with Gasteiger partial charge in [0.2, 0.25) is 0 Å². The molecule has 0 atom stereocenters. The lowest BCUT2D eigenvalue weighted by Crippen LogP contribution is -2.33. The summed E-state index contributed by atoms with van der Waals surface area (Å²) in [7, 11) is 0. The second kappa shape index (κ2) is 9.87. The predicted octanol–water partition coefficient (Wildman–Crippen LogP) is 6.56. The number of nitrogens with one attached hydrogen (secondary N) is 1. The monoisotopic (exact) mass is 516 g/mol. The molecule has 0 unspecified atom stereocenters. The van der Waals surface area contributed by atoms with E-state index >= 15 is 0 Å². The minimum atomic E-state index is -0.587. The maximum Gasteiger partial charge on any atom is 0.343 e. The Kier molecular flexibility index (Phi) is 6.98. The number of benzene rings is 3. The number of carbonyl (C=O) groups excluding carboxylic acids is 3. The fourth-order valence-electron chi connectivity index (χ4n) is 4.12. The molecule has 0 aromatic heterocycles. The first-order valence-corrected chi connectivity index (χ1v) is 12.3. The number of hydrogen-bond acceptors (Lipinski definition) is 5. The Labute approximate surface area is 221 Å². The van der Waals surface area contributed by atoms with E-state index in [1.54, 1.807) is 36.4 Å². The molecule has 0 aliphatic carbocycles. The van der Waals surface area contributed by atoms with Crippen LogP contribution >= 0.6 is 11.6 Å². The van der Waals surface area contributed by atoms with Crippen molar-refractivity contribution < 1.29 is 19.1 Å². The van der Waals surface area contributed by atoms with Gasteiger partial charge in [-0.15, -0.1) is 0 Å². The molecule has 37 heavy (non-hydrogen) atoms. The number of aryl methyl sites for hydroxylation is 2. The van der Waals surface area contributed by atoms with Crippen LogP contribution in [0.3, 0.4) is 0 Å². The van der Waals surface area contributed by atoms with Gasteiger partial charge in [-0.1, -0.05) is 62.2 Å². The summed E-state index contributed by atoms with van der Waals surface area (Å²) < 4.78 is 5.72. The topological polar surface area (TPSA) is 75.7 Å². The molecule has 0 radical (unpaired) electrons. The molecule has 1 heterocycles. The highest BCUT2D eigenvalue weighted by Crippen LogP contribution is 2.34. The van der Waals surface area contributed by atoms with Crippen molar-refractivity contribution in [3.05, 3.63) is 99.2 Å². The highest BCUT2D eigenvalue weighted by molar-refractivity contribution is 6.53. The number of hydrogen-bond donors (Lipinski definition) is 1. The molecule has 4 rings (SSSR count). The van der Waals surface area contributed by atoms with Gasteiger partial charge < -0.3 is 10.1 Å². The van der Waals surface area contributed by atoms with Crippen LogP contribution in [0.1, 0.15) is 53.4 Å². The van der Waals surface area contributed by atoms with Crippen LogP contribution in [0.5, 0.6) is 5.75 Å². The van der Waals surface area contributed by atoms with Crippen LogP contribution in [0.2, 0.25) is 0 Å². The Morgan fingerprint density at radius 1 is 0.919 bits per heavy atom. The third kappa shape index (κ3) is 5.16. The zero-order valence-electron chi connectivity index (χ0n) is 21.7. The Balaban J connectivity index is 1.52. The van der Waals surface area contributed by atoms with Crippen LogP contribution in [0.15, 0.2) is 71.4 Å². The van der Waals surface area contributed by atoms with Gasteiger partial charge in [0.25, 0.3) is 11.8 Å². The minimum Gasteiger partial charge on any atom is -0.423 e. The molecule has 3 aromatic carbocycles. The van der Waals surface area contributed by atoms with E-state index in [4.69, 9.17) is 16.3 Å². The van der Waals surface area contributed by atoms with Gasteiger partial charge >= 0.3 is 5.97 Å². The number of rotatable bonds is 5. The van der Waals surface area contributed by atoms with Crippen LogP contribution < -0.4 is 15.0 Å². The van der Waals surface area contributed by atoms with E-state index in [9.17, 15) is 14.4 Å². The summed E-state index contributed by atoms with van der Waals surface area (Å²) in [4.78, 5) is 39.9. The molecule has 0 saturated heterocycles. The Bertz CT molecular complexity index is 1450. The second-order valence-corrected chi connectivity index (χ2v) is 10.6. The highest BCUT2D eigenvalue weighted by Gasteiger charge is 2.39. The summed E-state index contributed by atoms with van der Waals surface area (Å²) in [5.74, 6) is -1.10. The number of esters is 1. The first-order valence-electron chi connectivity index (χ1n) is 11.9. The lowest BCUT2D eigenvalue weighted by atomic mass is 9.85. The standard InChI is InChI=1S/C30H29ClN2O4/c1-17-10-15-24(22(16-17)30(4,5)6)37-29(36)20-11-13-21(14-12-20)32-26-25(31)27(34)33(28(26)35)23-9-7-8-18(2)19(23)3/h7-16,32H,1-6H3. The third-order valence-electron chi connectivity index (χ3n) is 6.38. The molecule has 0 bridgehead atoms. The van der Waals surface area contributed by atoms with Crippen LogP contribution in [0.4, 0.5) is 11.4 Å². The smallest absolute Gasteiger partial charge is 0.343 e. The molecule has 7 heteroatoms. The van der Waals surface area contributed by atoms with E-state index in [1.165, 1.54) is 0 Å². The fraction of sp³-hybridized carbons (Fsp3) is 0.233. The van der Waals surface area contributed by atoms with Gasteiger partial charge in [-0.2, -0.15) is 0 Å². The van der Waals surface area contributed by atoms with Crippen molar-refractivity contribution in [1.82, 2.24) is 0 Å². The zero-order chi connectivity index (χ0) is 27.1. The van der Waals surface area contributed by atoms with Crippen molar-refractivity contribution in [2.75, 3.05) is 10.2 Å². The molecule has 0 saturated carbocycles. The summed E-state index contributed by atoms with van der Waals surface area (Å²) in [5.41, 5.74) is 4.93. The number of halogens is 1. The number of imide groups is 1. The van der Waals surface area contributed by atoms with Crippen LogP contribution in [-0.4, -0.2) is 17.8 Å². The fourth-order valence-corrected chi connectivity index (χ4v) is 4.33. The highest BCUT2D eigenvalue weighted by atomic mass is 35.5. The summed E-state index contributed by atoms with van der Waals surface area (Å²) in [6.45, 7) is 12.0. The van der Waals surface area contributed by atoms with Gasteiger partial charge in [0, 0.05) is 11.3 Å². The van der Waals surface area contributed by atoms with Gasteiger partial charge in [-0.25, -0.2) is 9.69 Å². The molecule has 6 nitrogen and oxygen atoms in total. The quantitative estimate of drug-likeness (QED) is 0.236. The number of ether oxygens (including phenoxy) is 1. The normalized spacial score (nSPS) is 13.9. The molecule has 190 valence electrons. The third-order valence-corrected chi connectivity index (χ3v) is 6.73. The molecule has 0 spiro atoms. The molecule has 1 aliphatic heterocycles. The van der Waals surface area contributed by atoms with Gasteiger partial charge in [0.15, 0.2) is 0 Å². The number of anilines is 2. The van der Waals surface area contributed by atoms with Crippen molar-refractivity contribution >= 4 is 40.8 Å². The van der Waals surface area contributed by atoms with E-state index in [0.717, 1.165) is 27.2 Å². The molecular formula is C30H29ClN2O4. The van der Waals surface area contributed by atoms with Gasteiger partial charge in [-0.05, 0) is 73.7 Å². The Hall–Kier alpha value is -3.90. The van der Waals surface area contributed by atoms with Crippen molar-refractivity contribution in [2.24, 2.45) is 0 Å². The van der Waals surface area contributed by atoms with Gasteiger partial charge in [-0.3, -0.25) is 9.59 Å². The van der Waals surface area contributed by atoms with E-state index in [1.807, 2.05) is 45.0 Å². The second-order valence-electron chi connectivity index (χ2n) is 10.2. The van der Waals surface area contributed by atoms with Crippen LogP contribution in [0, 0.1) is 20.8 Å². The summed E-state index contributed by atoms with van der Waals surface area (Å²) in [6.07, 6.45) is 0. The molecular weight excluding hydrogens is 488 g/mol. The summed E-state index contributed by atoms with van der Waals surface area (Å²) >= 11 is 6.28. The van der Waals surface area contributed by atoms with Crippen LogP contribution in [-0.2, 0) is 15.0 Å². The Morgan fingerprint density at radius 2 is 1.59 bits per heavy atom. The molecule has 2 amide bonds.